The number of hydrogen-bond donors (Lipinski definition) is 0. The highest BCUT2D eigenvalue weighted by Crippen LogP contribution is 2.46. The first-order valence-corrected chi connectivity index (χ1v) is 7.03. The molecule has 0 aromatic rings. The summed E-state index contributed by atoms with van der Waals surface area (Å²) >= 11 is 0. The van der Waals surface area contributed by atoms with Gasteiger partial charge in [-0.3, -0.25) is 4.79 Å². The molecule has 1 rings (SSSR count). The summed E-state index contributed by atoms with van der Waals surface area (Å²) in [5.41, 5.74) is -1.61. The Hall–Kier alpha value is -2.64. The molecule has 1 unspecified atom stereocenters. The number of carbonyl (C=O) groups is 4. The van der Waals surface area contributed by atoms with Crippen molar-refractivity contribution in [3.05, 3.63) is 23.3 Å². The lowest BCUT2D eigenvalue weighted by atomic mass is 9.67. The van der Waals surface area contributed by atoms with Crippen LogP contribution < -0.4 is 0 Å². The number of rotatable bonds is 5. The van der Waals surface area contributed by atoms with Crippen molar-refractivity contribution < 1.29 is 38.1 Å². The van der Waals surface area contributed by atoms with E-state index < -0.39 is 29.3 Å². The molecule has 0 spiro atoms. The molecule has 0 radical (unpaired) electrons. The van der Waals surface area contributed by atoms with E-state index in [-0.39, 0.29) is 36.0 Å². The fourth-order valence-corrected chi connectivity index (χ4v) is 2.72. The van der Waals surface area contributed by atoms with Crippen molar-refractivity contribution in [2.45, 2.75) is 19.3 Å². The largest absolute Gasteiger partial charge is 0.468 e. The van der Waals surface area contributed by atoms with Crippen LogP contribution in [-0.2, 0) is 38.1 Å². The molecule has 0 N–H and O–H groups in total. The molecule has 8 heteroatoms. The van der Waals surface area contributed by atoms with E-state index in [1.165, 1.54) is 7.11 Å². The highest BCUT2D eigenvalue weighted by molar-refractivity contribution is 6.04. The zero-order valence-electron chi connectivity index (χ0n) is 14.1. The van der Waals surface area contributed by atoms with Crippen LogP contribution in [0.5, 0.6) is 0 Å². The molecular formula is C16H20O8. The fourth-order valence-electron chi connectivity index (χ4n) is 2.72. The predicted molar refractivity (Wildman–Crippen MR) is 80.5 cm³/mol. The maximum Gasteiger partial charge on any atom is 0.334 e. The van der Waals surface area contributed by atoms with E-state index in [2.05, 4.69) is 20.8 Å². The first-order chi connectivity index (χ1) is 11.3. The maximum atomic E-state index is 12.4. The molecule has 0 saturated heterocycles. The van der Waals surface area contributed by atoms with Gasteiger partial charge in [0.25, 0.3) is 0 Å². The molecule has 0 amide bonds. The molecule has 0 aromatic heterocycles. The number of ether oxygens (including phenoxy) is 4. The van der Waals surface area contributed by atoms with E-state index >= 15 is 0 Å². The third-order valence-electron chi connectivity index (χ3n) is 4.09. The van der Waals surface area contributed by atoms with Crippen LogP contribution in [0.1, 0.15) is 19.3 Å². The molecule has 1 atom stereocenters. The highest BCUT2D eigenvalue weighted by atomic mass is 16.5. The summed E-state index contributed by atoms with van der Waals surface area (Å²) in [6.45, 7) is 3.63. The minimum Gasteiger partial charge on any atom is -0.468 e. The number of methoxy groups -OCH3 is 4. The number of esters is 4. The molecule has 132 valence electrons. The van der Waals surface area contributed by atoms with Crippen molar-refractivity contribution >= 4 is 23.9 Å². The molecule has 0 heterocycles. The van der Waals surface area contributed by atoms with Gasteiger partial charge in [0.2, 0.25) is 0 Å². The standard InChI is InChI=1S/C16H20O8/c1-9(12(17)21-2)16(15(20)24-5)7-6-10(13(18)22-3)11(8-16)14(19)23-4/h1,6-8H2,2-5H3. The van der Waals surface area contributed by atoms with Gasteiger partial charge in [0.15, 0.2) is 0 Å². The molecule has 0 fully saturated rings. The zero-order valence-corrected chi connectivity index (χ0v) is 14.1. The third-order valence-corrected chi connectivity index (χ3v) is 4.09. The van der Waals surface area contributed by atoms with Crippen LogP contribution in [0.4, 0.5) is 0 Å². The Kier molecular flexibility index (Phi) is 6.27. The van der Waals surface area contributed by atoms with Gasteiger partial charge in [-0.2, -0.15) is 0 Å². The van der Waals surface area contributed by atoms with Crippen LogP contribution in [0, 0.1) is 5.41 Å². The lowest BCUT2D eigenvalue weighted by Gasteiger charge is -2.35. The van der Waals surface area contributed by atoms with E-state index in [1.54, 1.807) is 0 Å². The van der Waals surface area contributed by atoms with E-state index in [1.807, 2.05) is 0 Å². The van der Waals surface area contributed by atoms with Gasteiger partial charge in [0, 0.05) is 23.1 Å². The van der Waals surface area contributed by atoms with E-state index in [4.69, 9.17) is 4.74 Å². The van der Waals surface area contributed by atoms with Crippen molar-refractivity contribution in [3.8, 4) is 0 Å². The second-order valence-electron chi connectivity index (χ2n) is 5.16. The van der Waals surface area contributed by atoms with E-state index in [0.717, 1.165) is 21.3 Å². The molecule has 0 bridgehead atoms. The van der Waals surface area contributed by atoms with Crippen LogP contribution in [0.3, 0.4) is 0 Å². The summed E-state index contributed by atoms with van der Waals surface area (Å²) < 4.78 is 18.8. The normalized spacial score (nSPS) is 20.0. The van der Waals surface area contributed by atoms with Gasteiger partial charge in [-0.25, -0.2) is 14.4 Å². The van der Waals surface area contributed by atoms with Crippen LogP contribution >= 0.6 is 0 Å². The maximum absolute atomic E-state index is 12.4. The Morgan fingerprint density at radius 2 is 1.42 bits per heavy atom. The lowest BCUT2D eigenvalue weighted by molar-refractivity contribution is -0.155. The molecule has 0 aliphatic heterocycles. The highest BCUT2D eigenvalue weighted by Gasteiger charge is 2.50. The van der Waals surface area contributed by atoms with Gasteiger partial charge in [-0.1, -0.05) is 6.58 Å². The Bertz CT molecular complexity index is 616. The van der Waals surface area contributed by atoms with Crippen LogP contribution in [-0.4, -0.2) is 52.3 Å². The van der Waals surface area contributed by atoms with Crippen molar-refractivity contribution in [1.29, 1.82) is 0 Å². The minimum atomic E-state index is -1.51. The van der Waals surface area contributed by atoms with Crippen molar-refractivity contribution in [3.63, 3.8) is 0 Å². The molecule has 0 aromatic carbocycles. The quantitative estimate of drug-likeness (QED) is 0.409. The number of carbonyl (C=O) groups excluding carboxylic acids is 4. The monoisotopic (exact) mass is 340 g/mol. The van der Waals surface area contributed by atoms with E-state index in [0.29, 0.717) is 0 Å². The van der Waals surface area contributed by atoms with Gasteiger partial charge in [-0.05, 0) is 12.8 Å². The zero-order chi connectivity index (χ0) is 18.5. The van der Waals surface area contributed by atoms with Crippen LogP contribution in [0.15, 0.2) is 23.3 Å². The van der Waals surface area contributed by atoms with Crippen LogP contribution in [0.25, 0.3) is 0 Å². The summed E-state index contributed by atoms with van der Waals surface area (Å²) in [7, 11) is 4.64. The molecule has 24 heavy (non-hydrogen) atoms. The average molecular weight is 340 g/mol. The Morgan fingerprint density at radius 1 is 0.875 bits per heavy atom. The molecular weight excluding hydrogens is 320 g/mol. The van der Waals surface area contributed by atoms with Crippen molar-refractivity contribution in [1.82, 2.24) is 0 Å². The summed E-state index contributed by atoms with van der Waals surface area (Å²) in [5.74, 6) is -3.03. The first kappa shape index (κ1) is 19.4. The smallest absolute Gasteiger partial charge is 0.334 e. The molecule has 1 aliphatic carbocycles. The van der Waals surface area contributed by atoms with Crippen LogP contribution in [0.2, 0.25) is 0 Å². The van der Waals surface area contributed by atoms with Gasteiger partial charge in [-0.15, -0.1) is 0 Å². The number of hydrogen-bond acceptors (Lipinski definition) is 8. The summed E-state index contributed by atoms with van der Waals surface area (Å²) in [6.07, 6.45) is -0.217. The fraction of sp³-hybridized carbons (Fsp3) is 0.500. The Morgan fingerprint density at radius 3 is 1.88 bits per heavy atom. The van der Waals surface area contributed by atoms with E-state index in [9.17, 15) is 19.2 Å². The van der Waals surface area contributed by atoms with Gasteiger partial charge < -0.3 is 18.9 Å². The second kappa shape index (κ2) is 7.76. The van der Waals surface area contributed by atoms with Crippen molar-refractivity contribution in [2.75, 3.05) is 28.4 Å². The predicted octanol–water partition coefficient (Wildman–Crippen LogP) is 0.701. The minimum absolute atomic E-state index is 0.0161. The topological polar surface area (TPSA) is 105 Å². The third kappa shape index (κ3) is 3.32. The lowest BCUT2D eigenvalue weighted by Crippen LogP contribution is -2.41. The van der Waals surface area contributed by atoms with Gasteiger partial charge in [0.1, 0.15) is 5.41 Å². The summed E-state index contributed by atoms with van der Waals surface area (Å²) in [5, 5.41) is 0. The molecule has 0 saturated carbocycles. The summed E-state index contributed by atoms with van der Waals surface area (Å²) in [4.78, 5) is 48.2. The summed E-state index contributed by atoms with van der Waals surface area (Å²) in [6, 6.07) is 0. The second-order valence-corrected chi connectivity index (χ2v) is 5.16. The SMILES string of the molecule is C=C(C(=O)OC)C1(C(=O)OC)CCC(C(=O)OC)=C(C(=O)OC)C1. The first-order valence-electron chi connectivity index (χ1n) is 7.03. The Balaban J connectivity index is 3.47. The molecule has 1 aliphatic rings. The van der Waals surface area contributed by atoms with Gasteiger partial charge in [0.05, 0.1) is 28.4 Å². The van der Waals surface area contributed by atoms with Crippen molar-refractivity contribution in [2.24, 2.45) is 5.41 Å². The molecule has 8 nitrogen and oxygen atoms in total. The Labute approximate surface area is 139 Å². The van der Waals surface area contributed by atoms with Gasteiger partial charge >= 0.3 is 23.9 Å². The average Bonchev–Trinajstić information content (AvgIpc) is 2.63.